The van der Waals surface area contributed by atoms with E-state index in [-0.39, 0.29) is 11.9 Å². The Morgan fingerprint density at radius 1 is 1.73 bits per heavy atom. The Labute approximate surface area is 93.7 Å². The number of hydrogen-bond donors (Lipinski definition) is 2. The number of nitrogens with two attached hydrogens (primary N) is 1. The minimum Gasteiger partial charge on any atom is -0.384 e. The van der Waals surface area contributed by atoms with Crippen molar-refractivity contribution in [3.63, 3.8) is 0 Å². The van der Waals surface area contributed by atoms with Gasteiger partial charge < -0.3 is 11.1 Å². The van der Waals surface area contributed by atoms with Gasteiger partial charge in [0.25, 0.3) is 5.91 Å². The number of anilines is 1. The summed E-state index contributed by atoms with van der Waals surface area (Å²) >= 11 is 1.70. The summed E-state index contributed by atoms with van der Waals surface area (Å²) in [6.07, 6.45) is 3.54. The molecule has 0 bridgehead atoms. The normalized spacial score (nSPS) is 12.1. The van der Waals surface area contributed by atoms with Gasteiger partial charge in [-0.05, 0) is 25.3 Å². The number of thioether (sulfide) groups is 1. The van der Waals surface area contributed by atoms with E-state index in [1.165, 1.54) is 6.20 Å². The number of hydrogen-bond acceptors (Lipinski definition) is 4. The fourth-order valence-corrected chi connectivity index (χ4v) is 1.77. The van der Waals surface area contributed by atoms with Crippen molar-refractivity contribution in [2.24, 2.45) is 0 Å². The van der Waals surface area contributed by atoms with Crippen LogP contribution in [0.2, 0.25) is 0 Å². The molecule has 1 atom stereocenters. The summed E-state index contributed by atoms with van der Waals surface area (Å²) in [7, 11) is 0. The minimum atomic E-state index is -0.106. The highest BCUT2D eigenvalue weighted by Gasteiger charge is 2.09. The molecule has 0 aliphatic carbocycles. The molecule has 0 spiro atoms. The summed E-state index contributed by atoms with van der Waals surface area (Å²) in [6.45, 7) is 1.97. The Hall–Kier alpha value is -1.23. The molecule has 0 aliphatic heterocycles. The SMILES string of the molecule is CSCC(C)NC(=O)c1ccnc(N)c1. The van der Waals surface area contributed by atoms with Crippen LogP contribution in [-0.2, 0) is 0 Å². The van der Waals surface area contributed by atoms with Gasteiger partial charge in [-0.1, -0.05) is 0 Å². The highest BCUT2D eigenvalue weighted by atomic mass is 32.2. The lowest BCUT2D eigenvalue weighted by atomic mass is 10.2. The highest BCUT2D eigenvalue weighted by molar-refractivity contribution is 7.98. The van der Waals surface area contributed by atoms with Crippen molar-refractivity contribution >= 4 is 23.5 Å². The first kappa shape index (κ1) is 11.8. The number of rotatable bonds is 4. The lowest BCUT2D eigenvalue weighted by Gasteiger charge is -2.12. The van der Waals surface area contributed by atoms with Gasteiger partial charge in [-0.3, -0.25) is 4.79 Å². The molecular weight excluding hydrogens is 210 g/mol. The Kier molecular flexibility index (Phi) is 4.42. The fraction of sp³-hybridized carbons (Fsp3) is 0.400. The predicted octanol–water partition coefficient (Wildman–Crippen LogP) is 1.15. The third-order valence-electron chi connectivity index (χ3n) is 1.84. The molecule has 5 heteroatoms. The summed E-state index contributed by atoms with van der Waals surface area (Å²) < 4.78 is 0. The van der Waals surface area contributed by atoms with Gasteiger partial charge in [-0.2, -0.15) is 11.8 Å². The van der Waals surface area contributed by atoms with Crippen molar-refractivity contribution in [1.29, 1.82) is 0 Å². The van der Waals surface area contributed by atoms with E-state index >= 15 is 0 Å². The molecule has 1 aromatic heterocycles. The van der Waals surface area contributed by atoms with Gasteiger partial charge in [-0.25, -0.2) is 4.98 Å². The van der Waals surface area contributed by atoms with Gasteiger partial charge in [0, 0.05) is 23.6 Å². The maximum atomic E-state index is 11.7. The topological polar surface area (TPSA) is 68.0 Å². The maximum Gasteiger partial charge on any atom is 0.251 e. The summed E-state index contributed by atoms with van der Waals surface area (Å²) in [5, 5.41) is 2.88. The van der Waals surface area contributed by atoms with Gasteiger partial charge in [0.15, 0.2) is 0 Å². The Morgan fingerprint density at radius 2 is 2.47 bits per heavy atom. The molecule has 0 saturated carbocycles. The molecule has 0 saturated heterocycles. The van der Waals surface area contributed by atoms with Crippen LogP contribution in [0, 0.1) is 0 Å². The van der Waals surface area contributed by atoms with Gasteiger partial charge in [0.2, 0.25) is 0 Å². The van der Waals surface area contributed by atoms with Gasteiger partial charge >= 0.3 is 0 Å². The van der Waals surface area contributed by atoms with Crippen LogP contribution >= 0.6 is 11.8 Å². The third-order valence-corrected chi connectivity index (χ3v) is 2.67. The predicted molar refractivity (Wildman–Crippen MR) is 64.0 cm³/mol. The number of amides is 1. The molecule has 1 rings (SSSR count). The van der Waals surface area contributed by atoms with Crippen LogP contribution in [0.3, 0.4) is 0 Å². The Bertz CT molecular complexity index is 343. The van der Waals surface area contributed by atoms with Gasteiger partial charge in [0.05, 0.1) is 0 Å². The molecule has 82 valence electrons. The number of pyridine rings is 1. The van der Waals surface area contributed by atoms with Crippen molar-refractivity contribution in [1.82, 2.24) is 10.3 Å². The van der Waals surface area contributed by atoms with E-state index < -0.39 is 0 Å². The van der Waals surface area contributed by atoms with Crippen LogP contribution < -0.4 is 11.1 Å². The number of aromatic nitrogens is 1. The molecule has 1 amide bonds. The van der Waals surface area contributed by atoms with Crippen LogP contribution in [0.15, 0.2) is 18.3 Å². The first-order chi connectivity index (χ1) is 7.13. The van der Waals surface area contributed by atoms with Crippen molar-refractivity contribution in [2.45, 2.75) is 13.0 Å². The molecule has 0 fully saturated rings. The van der Waals surface area contributed by atoms with E-state index in [2.05, 4.69) is 10.3 Å². The number of nitrogen functional groups attached to an aromatic ring is 1. The molecule has 4 nitrogen and oxygen atoms in total. The van der Waals surface area contributed by atoms with Crippen molar-refractivity contribution in [3.05, 3.63) is 23.9 Å². The van der Waals surface area contributed by atoms with Gasteiger partial charge in [0.1, 0.15) is 5.82 Å². The van der Waals surface area contributed by atoms with Crippen molar-refractivity contribution in [2.75, 3.05) is 17.7 Å². The van der Waals surface area contributed by atoms with Crippen molar-refractivity contribution in [3.8, 4) is 0 Å². The molecule has 0 aliphatic rings. The minimum absolute atomic E-state index is 0.106. The number of carbonyl (C=O) groups is 1. The second kappa shape index (κ2) is 5.60. The maximum absolute atomic E-state index is 11.7. The van der Waals surface area contributed by atoms with E-state index in [9.17, 15) is 4.79 Å². The highest BCUT2D eigenvalue weighted by Crippen LogP contribution is 2.04. The zero-order chi connectivity index (χ0) is 11.3. The molecule has 1 unspecified atom stereocenters. The van der Waals surface area contributed by atoms with E-state index in [4.69, 9.17) is 5.73 Å². The average molecular weight is 225 g/mol. The largest absolute Gasteiger partial charge is 0.384 e. The van der Waals surface area contributed by atoms with Crippen LogP contribution in [0.1, 0.15) is 17.3 Å². The average Bonchev–Trinajstić information content (AvgIpc) is 2.18. The zero-order valence-electron chi connectivity index (χ0n) is 8.86. The molecule has 1 aromatic rings. The Morgan fingerprint density at radius 3 is 3.07 bits per heavy atom. The third kappa shape index (κ3) is 3.79. The molecule has 15 heavy (non-hydrogen) atoms. The second-order valence-electron chi connectivity index (χ2n) is 3.30. The lowest BCUT2D eigenvalue weighted by molar-refractivity contribution is 0.0943. The Balaban J connectivity index is 2.61. The second-order valence-corrected chi connectivity index (χ2v) is 4.21. The molecular formula is C10H15N3OS. The van der Waals surface area contributed by atoms with E-state index in [1.54, 1.807) is 23.9 Å². The first-order valence-electron chi connectivity index (χ1n) is 4.65. The van der Waals surface area contributed by atoms with Crippen LogP contribution in [0.25, 0.3) is 0 Å². The van der Waals surface area contributed by atoms with Crippen LogP contribution in [-0.4, -0.2) is 28.9 Å². The molecule has 0 aromatic carbocycles. The van der Waals surface area contributed by atoms with Crippen LogP contribution in [0.5, 0.6) is 0 Å². The summed E-state index contributed by atoms with van der Waals surface area (Å²) in [6, 6.07) is 3.38. The summed E-state index contributed by atoms with van der Waals surface area (Å²) in [5.41, 5.74) is 6.04. The van der Waals surface area contributed by atoms with Gasteiger partial charge in [-0.15, -0.1) is 0 Å². The summed E-state index contributed by atoms with van der Waals surface area (Å²) in [4.78, 5) is 15.5. The molecule has 0 radical (unpaired) electrons. The monoisotopic (exact) mass is 225 g/mol. The quantitative estimate of drug-likeness (QED) is 0.806. The van der Waals surface area contributed by atoms with E-state index in [0.29, 0.717) is 11.4 Å². The zero-order valence-corrected chi connectivity index (χ0v) is 9.67. The smallest absolute Gasteiger partial charge is 0.251 e. The fourth-order valence-electron chi connectivity index (χ4n) is 1.19. The molecule has 1 heterocycles. The molecule has 3 N–H and O–H groups in total. The number of carbonyl (C=O) groups excluding carboxylic acids is 1. The first-order valence-corrected chi connectivity index (χ1v) is 6.04. The van der Waals surface area contributed by atoms with E-state index in [0.717, 1.165) is 5.75 Å². The summed E-state index contributed by atoms with van der Waals surface area (Å²) in [5.74, 6) is 1.15. The van der Waals surface area contributed by atoms with E-state index in [1.807, 2.05) is 13.2 Å². The van der Waals surface area contributed by atoms with Crippen molar-refractivity contribution < 1.29 is 4.79 Å². The lowest BCUT2D eigenvalue weighted by Crippen LogP contribution is -2.34. The number of nitrogens with zero attached hydrogens (tertiary/aromatic N) is 1. The standard InChI is InChI=1S/C10H15N3OS/c1-7(6-15-2)13-10(14)8-3-4-12-9(11)5-8/h3-5,7H,6H2,1-2H3,(H2,11,12)(H,13,14). The van der Waals surface area contributed by atoms with Crippen LogP contribution in [0.4, 0.5) is 5.82 Å². The number of nitrogens with one attached hydrogen (secondary N) is 1.